The van der Waals surface area contributed by atoms with E-state index in [1.54, 1.807) is 7.11 Å². The number of pyridine rings is 1. The Morgan fingerprint density at radius 2 is 2.08 bits per heavy atom. The summed E-state index contributed by atoms with van der Waals surface area (Å²) in [6.07, 6.45) is 0.802. The van der Waals surface area contributed by atoms with Gasteiger partial charge >= 0.3 is 0 Å². The lowest BCUT2D eigenvalue weighted by Gasteiger charge is -2.12. The Kier molecular flexibility index (Phi) is 7.54. The number of nitrogens with one attached hydrogen (secondary N) is 2. The van der Waals surface area contributed by atoms with Crippen LogP contribution in [-0.2, 0) is 13.0 Å². The van der Waals surface area contributed by atoms with Gasteiger partial charge in [-0.15, -0.1) is 0 Å². The standard InChI is InChI=1S/C19H25ClN4O/c1-4-21-19(23-13-16-7-5-6-14(2)24-16)22-11-10-15-8-9-17(25-3)12-18(15)20/h5-9,12H,4,10-11,13H2,1-3H3,(H2,21,22,23). The van der Waals surface area contributed by atoms with Crippen LogP contribution in [0.3, 0.4) is 0 Å². The van der Waals surface area contributed by atoms with Crippen molar-refractivity contribution in [2.24, 2.45) is 4.99 Å². The van der Waals surface area contributed by atoms with Crippen molar-refractivity contribution in [3.8, 4) is 5.75 Å². The Morgan fingerprint density at radius 1 is 1.24 bits per heavy atom. The van der Waals surface area contributed by atoms with Gasteiger partial charge in [-0.05, 0) is 50.1 Å². The molecule has 25 heavy (non-hydrogen) atoms. The largest absolute Gasteiger partial charge is 0.497 e. The summed E-state index contributed by atoms with van der Waals surface area (Å²) in [6.45, 7) is 6.10. The van der Waals surface area contributed by atoms with Crippen LogP contribution in [-0.4, -0.2) is 31.1 Å². The number of rotatable bonds is 7. The van der Waals surface area contributed by atoms with Gasteiger partial charge in [0.2, 0.25) is 0 Å². The number of ether oxygens (including phenoxy) is 1. The molecule has 134 valence electrons. The minimum absolute atomic E-state index is 0.542. The summed E-state index contributed by atoms with van der Waals surface area (Å²) in [5.74, 6) is 1.54. The molecule has 2 N–H and O–H groups in total. The molecule has 0 aliphatic carbocycles. The molecule has 0 atom stereocenters. The molecular formula is C19H25ClN4O. The maximum absolute atomic E-state index is 6.28. The number of benzene rings is 1. The molecule has 0 unspecified atom stereocenters. The Balaban J connectivity index is 1.91. The van der Waals surface area contributed by atoms with Crippen LogP contribution in [0.5, 0.6) is 5.75 Å². The predicted octanol–water partition coefficient (Wildman–Crippen LogP) is 3.35. The van der Waals surface area contributed by atoms with E-state index < -0.39 is 0 Å². The third-order valence-corrected chi connectivity index (χ3v) is 3.99. The van der Waals surface area contributed by atoms with Crippen molar-refractivity contribution in [2.45, 2.75) is 26.8 Å². The van der Waals surface area contributed by atoms with E-state index in [0.29, 0.717) is 11.6 Å². The fourth-order valence-corrected chi connectivity index (χ4v) is 2.63. The molecule has 0 radical (unpaired) electrons. The van der Waals surface area contributed by atoms with E-state index in [1.807, 2.05) is 50.2 Å². The molecule has 0 spiro atoms. The van der Waals surface area contributed by atoms with Gasteiger partial charge in [-0.1, -0.05) is 23.7 Å². The number of halogens is 1. The van der Waals surface area contributed by atoms with Crippen molar-refractivity contribution in [1.29, 1.82) is 0 Å². The third-order valence-electron chi connectivity index (χ3n) is 3.64. The van der Waals surface area contributed by atoms with Crippen molar-refractivity contribution < 1.29 is 4.74 Å². The molecule has 0 aliphatic heterocycles. The van der Waals surface area contributed by atoms with E-state index in [-0.39, 0.29) is 0 Å². The highest BCUT2D eigenvalue weighted by molar-refractivity contribution is 6.31. The molecule has 0 fully saturated rings. The molecule has 1 aromatic carbocycles. The SMILES string of the molecule is CCNC(=NCc1cccc(C)n1)NCCc1ccc(OC)cc1Cl. The van der Waals surface area contributed by atoms with Crippen LogP contribution >= 0.6 is 11.6 Å². The zero-order valence-corrected chi connectivity index (χ0v) is 15.7. The summed E-state index contributed by atoms with van der Waals surface area (Å²) in [5, 5.41) is 7.29. The van der Waals surface area contributed by atoms with Crippen LogP contribution in [0, 0.1) is 6.92 Å². The van der Waals surface area contributed by atoms with Crippen LogP contribution < -0.4 is 15.4 Å². The van der Waals surface area contributed by atoms with Crippen molar-refractivity contribution in [3.63, 3.8) is 0 Å². The molecule has 0 saturated carbocycles. The number of aliphatic imine (C=N–C) groups is 1. The molecule has 0 aliphatic rings. The Bertz CT molecular complexity index is 718. The first-order valence-electron chi connectivity index (χ1n) is 8.39. The first-order chi connectivity index (χ1) is 12.1. The minimum Gasteiger partial charge on any atom is -0.497 e. The molecule has 6 heteroatoms. The van der Waals surface area contributed by atoms with Crippen molar-refractivity contribution in [1.82, 2.24) is 15.6 Å². The van der Waals surface area contributed by atoms with Gasteiger partial charge in [0.05, 0.1) is 19.3 Å². The Morgan fingerprint density at radius 3 is 2.76 bits per heavy atom. The van der Waals surface area contributed by atoms with Gasteiger partial charge < -0.3 is 15.4 Å². The smallest absolute Gasteiger partial charge is 0.191 e. The van der Waals surface area contributed by atoms with Gasteiger partial charge in [0, 0.05) is 23.8 Å². The van der Waals surface area contributed by atoms with E-state index in [9.17, 15) is 0 Å². The second-order valence-electron chi connectivity index (χ2n) is 5.60. The zero-order chi connectivity index (χ0) is 18.1. The minimum atomic E-state index is 0.542. The summed E-state index contributed by atoms with van der Waals surface area (Å²) >= 11 is 6.28. The number of nitrogens with zero attached hydrogens (tertiary/aromatic N) is 2. The molecule has 1 heterocycles. The van der Waals surface area contributed by atoms with Gasteiger partial charge in [-0.25, -0.2) is 4.99 Å². The first-order valence-corrected chi connectivity index (χ1v) is 8.77. The van der Waals surface area contributed by atoms with Crippen LogP contribution in [0.4, 0.5) is 0 Å². The number of hydrogen-bond donors (Lipinski definition) is 2. The maximum atomic E-state index is 6.28. The van der Waals surface area contributed by atoms with Crippen LogP contribution in [0.2, 0.25) is 5.02 Å². The van der Waals surface area contributed by atoms with Gasteiger partial charge in [0.25, 0.3) is 0 Å². The van der Waals surface area contributed by atoms with Crippen molar-refractivity contribution >= 4 is 17.6 Å². The van der Waals surface area contributed by atoms with Gasteiger partial charge in [-0.3, -0.25) is 4.98 Å². The number of aryl methyl sites for hydroxylation is 1. The average Bonchev–Trinajstić information content (AvgIpc) is 2.61. The van der Waals surface area contributed by atoms with Gasteiger partial charge in [0.15, 0.2) is 5.96 Å². The predicted molar refractivity (Wildman–Crippen MR) is 104 cm³/mol. The van der Waals surface area contributed by atoms with Crippen molar-refractivity contribution in [3.05, 3.63) is 58.4 Å². The molecule has 2 aromatic rings. The highest BCUT2D eigenvalue weighted by Gasteiger charge is 2.04. The summed E-state index contributed by atoms with van der Waals surface area (Å²) in [4.78, 5) is 9.05. The van der Waals surface area contributed by atoms with Crippen molar-refractivity contribution in [2.75, 3.05) is 20.2 Å². The highest BCUT2D eigenvalue weighted by atomic mass is 35.5. The summed E-state index contributed by atoms with van der Waals surface area (Å²) < 4.78 is 5.17. The highest BCUT2D eigenvalue weighted by Crippen LogP contribution is 2.22. The lowest BCUT2D eigenvalue weighted by Crippen LogP contribution is -2.38. The van der Waals surface area contributed by atoms with E-state index in [0.717, 1.165) is 48.2 Å². The molecule has 0 bridgehead atoms. The lowest BCUT2D eigenvalue weighted by molar-refractivity contribution is 0.414. The van der Waals surface area contributed by atoms with E-state index in [2.05, 4.69) is 20.6 Å². The fraction of sp³-hybridized carbons (Fsp3) is 0.368. The molecule has 0 amide bonds. The van der Waals surface area contributed by atoms with E-state index >= 15 is 0 Å². The van der Waals surface area contributed by atoms with Crippen LogP contribution in [0.25, 0.3) is 0 Å². The van der Waals surface area contributed by atoms with Crippen LogP contribution in [0.1, 0.15) is 23.9 Å². The maximum Gasteiger partial charge on any atom is 0.191 e. The van der Waals surface area contributed by atoms with Crippen LogP contribution in [0.15, 0.2) is 41.4 Å². The number of methoxy groups -OCH3 is 1. The molecule has 2 rings (SSSR count). The average molecular weight is 361 g/mol. The third kappa shape index (κ3) is 6.27. The monoisotopic (exact) mass is 360 g/mol. The van der Waals surface area contributed by atoms with Gasteiger partial charge in [-0.2, -0.15) is 0 Å². The summed E-state index contributed by atoms with van der Waals surface area (Å²) in [6, 6.07) is 11.7. The van der Waals surface area contributed by atoms with Gasteiger partial charge in [0.1, 0.15) is 5.75 Å². The zero-order valence-electron chi connectivity index (χ0n) is 15.0. The normalized spacial score (nSPS) is 11.3. The van der Waals surface area contributed by atoms with E-state index in [4.69, 9.17) is 16.3 Å². The van der Waals surface area contributed by atoms with E-state index in [1.165, 1.54) is 0 Å². The Hall–Kier alpha value is -2.27. The molecule has 5 nitrogen and oxygen atoms in total. The second-order valence-corrected chi connectivity index (χ2v) is 6.01. The topological polar surface area (TPSA) is 58.5 Å². The Labute approximate surface area is 154 Å². The number of guanidine groups is 1. The number of hydrogen-bond acceptors (Lipinski definition) is 3. The first kappa shape index (κ1) is 19.1. The summed E-state index contributed by atoms with van der Waals surface area (Å²) in [7, 11) is 1.63. The quantitative estimate of drug-likeness (QED) is 0.587. The number of aromatic nitrogens is 1. The fourth-order valence-electron chi connectivity index (χ4n) is 2.36. The summed E-state index contributed by atoms with van der Waals surface area (Å²) in [5.41, 5.74) is 3.03. The second kappa shape index (κ2) is 9.89. The lowest BCUT2D eigenvalue weighted by atomic mass is 10.1. The molecular weight excluding hydrogens is 336 g/mol. The molecule has 1 aromatic heterocycles. The molecule has 0 saturated heterocycles.